The van der Waals surface area contributed by atoms with Gasteiger partial charge in [-0.1, -0.05) is 36.8 Å². The summed E-state index contributed by atoms with van der Waals surface area (Å²) in [7, 11) is 0. The molecule has 1 N–H and O–H groups in total. The smallest absolute Gasteiger partial charge is 0.383 e. The fourth-order valence-electron chi connectivity index (χ4n) is 9.55. The van der Waals surface area contributed by atoms with Crippen molar-refractivity contribution in [3.8, 4) is 0 Å². The number of ketones is 1. The highest BCUT2D eigenvalue weighted by atomic mass is 19.4. The molecule has 2 saturated carbocycles. The number of halogens is 5. The van der Waals surface area contributed by atoms with Gasteiger partial charge in [0, 0.05) is 68.6 Å². The van der Waals surface area contributed by atoms with E-state index in [1.165, 1.54) is 6.92 Å². The number of aromatic nitrogens is 1. The number of allylic oxidation sites excluding steroid dienone is 4. The van der Waals surface area contributed by atoms with Crippen LogP contribution in [0.25, 0.3) is 0 Å². The minimum absolute atomic E-state index is 0.00723. The maximum absolute atomic E-state index is 15.3. The average molecular weight is 642 g/mol. The van der Waals surface area contributed by atoms with E-state index in [4.69, 9.17) is 0 Å². The first-order chi connectivity index (χ1) is 21.8. The van der Waals surface area contributed by atoms with Crippen LogP contribution >= 0.6 is 0 Å². The highest BCUT2D eigenvalue weighted by Gasteiger charge is 2.79. The molecule has 1 aliphatic heterocycles. The van der Waals surface area contributed by atoms with Crippen molar-refractivity contribution in [2.24, 2.45) is 17.3 Å². The second kappa shape index (κ2) is 11.3. The third-order valence-electron chi connectivity index (χ3n) is 12.0. The Morgan fingerprint density at radius 2 is 1.63 bits per heavy atom. The summed E-state index contributed by atoms with van der Waals surface area (Å²) >= 11 is 0. The number of hydrogen-bond acceptors (Lipinski definition) is 5. The van der Waals surface area contributed by atoms with Crippen LogP contribution in [0.3, 0.4) is 0 Å². The van der Waals surface area contributed by atoms with Gasteiger partial charge in [-0.25, -0.2) is 0 Å². The van der Waals surface area contributed by atoms with Crippen LogP contribution in [0.2, 0.25) is 0 Å². The van der Waals surface area contributed by atoms with E-state index in [-0.39, 0.29) is 24.5 Å². The predicted molar refractivity (Wildman–Crippen MR) is 164 cm³/mol. The minimum atomic E-state index is -5.86. The summed E-state index contributed by atoms with van der Waals surface area (Å²) in [5.74, 6) is -6.32. The van der Waals surface area contributed by atoms with Gasteiger partial charge in [0.2, 0.25) is 0 Å². The third kappa shape index (κ3) is 4.93. The van der Waals surface area contributed by atoms with Crippen LogP contribution in [0.15, 0.2) is 71.6 Å². The van der Waals surface area contributed by atoms with Crippen LogP contribution < -0.4 is 4.90 Å². The Kier molecular flexibility index (Phi) is 7.70. The minimum Gasteiger partial charge on any atom is -0.383 e. The highest BCUT2D eigenvalue weighted by Crippen LogP contribution is 2.70. The molecule has 1 saturated heterocycles. The van der Waals surface area contributed by atoms with Gasteiger partial charge < -0.3 is 10.0 Å². The number of aliphatic hydroxyl groups is 1. The Morgan fingerprint density at radius 3 is 2.30 bits per heavy atom. The lowest BCUT2D eigenvalue weighted by Gasteiger charge is -2.56. The van der Waals surface area contributed by atoms with Crippen LogP contribution in [0, 0.1) is 17.3 Å². The summed E-state index contributed by atoms with van der Waals surface area (Å²) in [5, 5.41) is 11.5. The Hall–Kier alpha value is -3.11. The SMILES string of the molecule is C[C@]12C[C@H](c3ccc(CN4CCN(c5ccncc5)CC4)cc3)C3=C4CCC(=O)C=C4CCC3C1CC[C@@]2(O)C(F)(F)C(F)(F)F. The van der Waals surface area contributed by atoms with Crippen molar-refractivity contribution in [1.82, 2.24) is 9.88 Å². The molecule has 4 aliphatic carbocycles. The van der Waals surface area contributed by atoms with Crippen LogP contribution in [0.1, 0.15) is 68.9 Å². The van der Waals surface area contributed by atoms with E-state index < -0.39 is 41.4 Å². The highest BCUT2D eigenvalue weighted by molar-refractivity contribution is 5.93. The van der Waals surface area contributed by atoms with Gasteiger partial charge in [-0.15, -0.1) is 0 Å². The number of piperazine rings is 1. The molecule has 0 radical (unpaired) electrons. The second-order valence-corrected chi connectivity index (χ2v) is 14.2. The Morgan fingerprint density at radius 1 is 0.935 bits per heavy atom. The van der Waals surface area contributed by atoms with Gasteiger partial charge in [0.1, 0.15) is 5.60 Å². The van der Waals surface area contributed by atoms with Crippen molar-refractivity contribution in [3.05, 3.63) is 82.7 Å². The van der Waals surface area contributed by atoms with Crippen molar-refractivity contribution < 1.29 is 31.9 Å². The Bertz CT molecular complexity index is 1550. The van der Waals surface area contributed by atoms with Gasteiger partial charge in [0.05, 0.1) is 0 Å². The number of alkyl halides is 5. The molecular weight excluding hydrogens is 601 g/mol. The molecule has 10 heteroatoms. The zero-order valence-corrected chi connectivity index (χ0v) is 26.0. The van der Waals surface area contributed by atoms with Gasteiger partial charge in [-0.2, -0.15) is 22.0 Å². The standard InChI is InChI=1S/C36H40F5N3O2/c1-33-21-30(24-4-2-23(3-5-24)22-43-16-18-44(19-17-43)26-11-14-42-15-12-26)32-28-9-7-27(45)20-25(28)6-8-29(32)31(33)10-13-34(33,46)35(37,38)36(39,40)41/h2-5,11-12,14-15,20,29-31,46H,6-10,13,16-19,21-22H2,1H3/t29?,30-,31?,33+,34+/m1/s1. The fraction of sp³-hybridized carbons (Fsp3) is 0.556. The fourth-order valence-corrected chi connectivity index (χ4v) is 9.55. The van der Waals surface area contributed by atoms with Crippen molar-refractivity contribution in [2.45, 2.75) is 82.0 Å². The molecule has 5 nitrogen and oxygen atoms in total. The number of carbonyl (C=O) groups is 1. The second-order valence-electron chi connectivity index (χ2n) is 14.2. The molecule has 46 heavy (non-hydrogen) atoms. The molecule has 2 unspecified atom stereocenters. The lowest BCUT2D eigenvalue weighted by atomic mass is 9.50. The molecule has 1 aromatic carbocycles. The largest absolute Gasteiger partial charge is 0.456 e. The number of hydrogen-bond donors (Lipinski definition) is 1. The summed E-state index contributed by atoms with van der Waals surface area (Å²) in [6.07, 6.45) is 1.04. The number of fused-ring (bicyclic) bond motifs is 4. The molecule has 7 rings (SSSR count). The van der Waals surface area contributed by atoms with E-state index in [0.717, 1.165) is 66.3 Å². The predicted octanol–water partition coefficient (Wildman–Crippen LogP) is 7.23. The number of carbonyl (C=O) groups excluding carboxylic acids is 1. The van der Waals surface area contributed by atoms with E-state index in [1.807, 2.05) is 36.4 Å². The number of rotatable bonds is 5. The lowest BCUT2D eigenvalue weighted by molar-refractivity contribution is -0.362. The van der Waals surface area contributed by atoms with Gasteiger partial charge in [0.15, 0.2) is 5.78 Å². The maximum atomic E-state index is 15.3. The van der Waals surface area contributed by atoms with Gasteiger partial charge in [-0.05, 0) is 90.8 Å². The van der Waals surface area contributed by atoms with Crippen LogP contribution in [0.4, 0.5) is 27.6 Å². The lowest BCUT2D eigenvalue weighted by Crippen LogP contribution is -2.65. The monoisotopic (exact) mass is 641 g/mol. The van der Waals surface area contributed by atoms with Gasteiger partial charge in [-0.3, -0.25) is 14.7 Å². The molecule has 246 valence electrons. The average Bonchev–Trinajstić information content (AvgIpc) is 3.32. The molecular formula is C36H40F5N3O2. The topological polar surface area (TPSA) is 56.7 Å². The normalized spacial score (nSPS) is 32.2. The zero-order chi connectivity index (χ0) is 32.5. The van der Waals surface area contributed by atoms with Crippen molar-refractivity contribution in [2.75, 3.05) is 31.1 Å². The molecule has 5 atom stereocenters. The molecule has 0 amide bonds. The Labute approximate surface area is 266 Å². The van der Waals surface area contributed by atoms with Gasteiger partial charge in [0.25, 0.3) is 0 Å². The molecule has 0 bridgehead atoms. The summed E-state index contributed by atoms with van der Waals surface area (Å²) in [6, 6.07) is 12.1. The molecule has 1 aromatic heterocycles. The van der Waals surface area contributed by atoms with E-state index >= 15 is 8.78 Å². The summed E-state index contributed by atoms with van der Waals surface area (Å²) in [6.45, 7) is 5.79. The van der Waals surface area contributed by atoms with Gasteiger partial charge >= 0.3 is 12.1 Å². The molecule has 2 aromatic rings. The van der Waals surface area contributed by atoms with E-state index in [2.05, 4.69) is 14.8 Å². The first-order valence-corrected chi connectivity index (χ1v) is 16.4. The van der Waals surface area contributed by atoms with Crippen molar-refractivity contribution in [1.29, 1.82) is 0 Å². The van der Waals surface area contributed by atoms with E-state index in [0.29, 0.717) is 25.7 Å². The van der Waals surface area contributed by atoms with Crippen LogP contribution in [0.5, 0.6) is 0 Å². The van der Waals surface area contributed by atoms with Crippen molar-refractivity contribution in [3.63, 3.8) is 0 Å². The first-order valence-electron chi connectivity index (χ1n) is 16.4. The number of anilines is 1. The summed E-state index contributed by atoms with van der Waals surface area (Å²) in [4.78, 5) is 21.1. The summed E-state index contributed by atoms with van der Waals surface area (Å²) < 4.78 is 72.0. The Balaban J connectivity index is 1.19. The maximum Gasteiger partial charge on any atom is 0.456 e. The zero-order valence-electron chi connectivity index (χ0n) is 26.0. The first kappa shape index (κ1) is 31.5. The molecule has 3 fully saturated rings. The quantitative estimate of drug-likeness (QED) is 0.349. The number of nitrogens with zero attached hydrogens (tertiary/aromatic N) is 3. The van der Waals surface area contributed by atoms with E-state index in [9.17, 15) is 23.1 Å². The number of pyridine rings is 1. The van der Waals surface area contributed by atoms with Crippen LogP contribution in [-0.2, 0) is 11.3 Å². The van der Waals surface area contributed by atoms with Crippen molar-refractivity contribution >= 4 is 11.5 Å². The molecule has 5 aliphatic rings. The number of benzene rings is 1. The van der Waals surface area contributed by atoms with E-state index in [1.54, 1.807) is 18.5 Å². The summed E-state index contributed by atoms with van der Waals surface area (Å²) in [5.41, 5.74) is 1.42. The van der Waals surface area contributed by atoms with Crippen LogP contribution in [-0.4, -0.2) is 64.7 Å². The molecule has 0 spiro atoms. The molecule has 2 heterocycles. The third-order valence-corrected chi connectivity index (χ3v) is 12.0.